The summed E-state index contributed by atoms with van der Waals surface area (Å²) >= 11 is 0. The Hall–Kier alpha value is -0.650. The molecule has 0 aromatic carbocycles. The molecule has 0 spiro atoms. The summed E-state index contributed by atoms with van der Waals surface area (Å²) in [5.41, 5.74) is 5.55. The van der Waals surface area contributed by atoms with Crippen molar-refractivity contribution in [3.8, 4) is 0 Å². The molecule has 1 fully saturated rings. The molecule has 1 unspecified atom stereocenters. The van der Waals surface area contributed by atoms with Gasteiger partial charge in [0.05, 0.1) is 12.6 Å². The molecule has 5 nitrogen and oxygen atoms in total. The van der Waals surface area contributed by atoms with Crippen molar-refractivity contribution in [1.82, 2.24) is 9.80 Å². The first-order chi connectivity index (χ1) is 8.70. The molecule has 0 bridgehead atoms. The molecular formula is C13H27N3O2. The lowest BCUT2D eigenvalue weighted by molar-refractivity contribution is -0.135. The lowest BCUT2D eigenvalue weighted by Gasteiger charge is -2.30. The van der Waals surface area contributed by atoms with E-state index in [0.29, 0.717) is 13.2 Å². The minimum absolute atomic E-state index is 0.0650. The minimum Gasteiger partial charge on any atom is -0.383 e. The third-order valence-electron chi connectivity index (χ3n) is 3.55. The summed E-state index contributed by atoms with van der Waals surface area (Å²) < 4.78 is 5.11. The second kappa shape index (κ2) is 8.45. The van der Waals surface area contributed by atoms with Crippen molar-refractivity contribution in [2.45, 2.75) is 32.2 Å². The van der Waals surface area contributed by atoms with Gasteiger partial charge >= 0.3 is 0 Å². The average Bonchev–Trinajstić information content (AvgIpc) is 2.91. The predicted molar refractivity (Wildman–Crippen MR) is 72.4 cm³/mol. The molecular weight excluding hydrogens is 230 g/mol. The third-order valence-corrected chi connectivity index (χ3v) is 3.55. The van der Waals surface area contributed by atoms with Gasteiger partial charge in [-0.15, -0.1) is 0 Å². The number of hydrogen-bond acceptors (Lipinski definition) is 4. The first-order valence-electron chi connectivity index (χ1n) is 6.92. The van der Waals surface area contributed by atoms with E-state index >= 15 is 0 Å². The van der Waals surface area contributed by atoms with Crippen molar-refractivity contribution >= 4 is 5.91 Å². The van der Waals surface area contributed by atoms with Crippen LogP contribution in [0, 0.1) is 0 Å². The van der Waals surface area contributed by atoms with Gasteiger partial charge in [-0.3, -0.25) is 9.69 Å². The number of likely N-dealkylation sites (tertiary alicyclic amines) is 1. The maximum atomic E-state index is 12.3. The van der Waals surface area contributed by atoms with E-state index in [0.717, 1.165) is 45.4 Å². The van der Waals surface area contributed by atoms with Gasteiger partial charge in [-0.05, 0) is 32.7 Å². The van der Waals surface area contributed by atoms with E-state index < -0.39 is 0 Å². The molecule has 1 atom stereocenters. The maximum Gasteiger partial charge on any atom is 0.239 e. The number of nitrogens with two attached hydrogens (primary N) is 1. The van der Waals surface area contributed by atoms with Crippen LogP contribution in [0.2, 0.25) is 0 Å². The molecule has 0 radical (unpaired) electrons. The fraction of sp³-hybridized carbons (Fsp3) is 0.923. The Labute approximate surface area is 110 Å². The largest absolute Gasteiger partial charge is 0.383 e. The van der Waals surface area contributed by atoms with Crippen LogP contribution in [-0.4, -0.2) is 68.2 Å². The molecule has 0 aliphatic carbocycles. The van der Waals surface area contributed by atoms with Gasteiger partial charge in [0.25, 0.3) is 0 Å². The van der Waals surface area contributed by atoms with Gasteiger partial charge in [0, 0.05) is 33.3 Å². The van der Waals surface area contributed by atoms with Crippen molar-refractivity contribution < 1.29 is 9.53 Å². The Morgan fingerprint density at radius 3 is 2.61 bits per heavy atom. The molecule has 0 saturated carbocycles. The predicted octanol–water partition coefficient (Wildman–Crippen LogP) is 0.295. The SMILES string of the molecule is COCCN(CCCN)C(C)C(=O)N1CCCC1. The lowest BCUT2D eigenvalue weighted by Crippen LogP contribution is -2.47. The van der Waals surface area contributed by atoms with Gasteiger partial charge in [-0.2, -0.15) is 0 Å². The molecule has 1 saturated heterocycles. The van der Waals surface area contributed by atoms with Crippen molar-refractivity contribution in [1.29, 1.82) is 0 Å². The van der Waals surface area contributed by atoms with E-state index in [1.165, 1.54) is 0 Å². The fourth-order valence-corrected chi connectivity index (χ4v) is 2.36. The Morgan fingerprint density at radius 1 is 1.39 bits per heavy atom. The zero-order chi connectivity index (χ0) is 13.4. The van der Waals surface area contributed by atoms with Crippen molar-refractivity contribution in [3.63, 3.8) is 0 Å². The molecule has 1 heterocycles. The van der Waals surface area contributed by atoms with E-state index in [9.17, 15) is 4.79 Å². The third kappa shape index (κ3) is 4.55. The second-order valence-electron chi connectivity index (χ2n) is 4.88. The molecule has 106 valence electrons. The Bertz CT molecular complexity index is 234. The average molecular weight is 257 g/mol. The van der Waals surface area contributed by atoms with Gasteiger partial charge in [-0.1, -0.05) is 0 Å². The van der Waals surface area contributed by atoms with Crippen LogP contribution < -0.4 is 5.73 Å². The standard InChI is InChI=1S/C13H27N3O2/c1-12(13(17)16-7-3-4-8-16)15(9-5-6-14)10-11-18-2/h12H,3-11,14H2,1-2H3. The summed E-state index contributed by atoms with van der Waals surface area (Å²) in [5, 5.41) is 0. The summed E-state index contributed by atoms with van der Waals surface area (Å²) in [6, 6.07) is -0.0650. The smallest absolute Gasteiger partial charge is 0.239 e. The zero-order valence-electron chi connectivity index (χ0n) is 11.7. The number of hydrogen-bond donors (Lipinski definition) is 1. The molecule has 18 heavy (non-hydrogen) atoms. The summed E-state index contributed by atoms with van der Waals surface area (Å²) in [5.74, 6) is 0.251. The van der Waals surface area contributed by atoms with E-state index in [2.05, 4.69) is 4.90 Å². The molecule has 1 amide bonds. The monoisotopic (exact) mass is 257 g/mol. The van der Waals surface area contributed by atoms with E-state index in [1.54, 1.807) is 7.11 Å². The minimum atomic E-state index is -0.0650. The molecule has 0 aromatic heterocycles. The zero-order valence-corrected chi connectivity index (χ0v) is 11.7. The summed E-state index contributed by atoms with van der Waals surface area (Å²) in [4.78, 5) is 16.5. The highest BCUT2D eigenvalue weighted by molar-refractivity contribution is 5.81. The molecule has 1 aliphatic heterocycles. The van der Waals surface area contributed by atoms with Crippen LogP contribution >= 0.6 is 0 Å². The fourth-order valence-electron chi connectivity index (χ4n) is 2.36. The first-order valence-corrected chi connectivity index (χ1v) is 6.92. The Balaban J connectivity index is 2.49. The molecule has 0 aromatic rings. The maximum absolute atomic E-state index is 12.3. The molecule has 5 heteroatoms. The quantitative estimate of drug-likeness (QED) is 0.679. The molecule has 2 N–H and O–H groups in total. The van der Waals surface area contributed by atoms with Gasteiger partial charge in [0.2, 0.25) is 5.91 Å². The summed E-state index contributed by atoms with van der Waals surface area (Å²) in [7, 11) is 1.69. The Kier molecular flexibility index (Phi) is 7.23. The topological polar surface area (TPSA) is 58.8 Å². The van der Waals surface area contributed by atoms with Gasteiger partial charge in [0.1, 0.15) is 0 Å². The number of methoxy groups -OCH3 is 1. The van der Waals surface area contributed by atoms with Crippen molar-refractivity contribution in [2.75, 3.05) is 46.4 Å². The van der Waals surface area contributed by atoms with E-state index in [-0.39, 0.29) is 11.9 Å². The number of carbonyl (C=O) groups excluding carboxylic acids is 1. The normalized spacial score (nSPS) is 17.4. The number of ether oxygens (including phenoxy) is 1. The second-order valence-corrected chi connectivity index (χ2v) is 4.88. The van der Waals surface area contributed by atoms with Crippen molar-refractivity contribution in [2.24, 2.45) is 5.73 Å². The van der Waals surface area contributed by atoms with E-state index in [4.69, 9.17) is 10.5 Å². The van der Waals surface area contributed by atoms with Crippen LogP contribution in [0.5, 0.6) is 0 Å². The number of amides is 1. The lowest BCUT2D eigenvalue weighted by atomic mass is 10.2. The highest BCUT2D eigenvalue weighted by Gasteiger charge is 2.27. The van der Waals surface area contributed by atoms with Crippen molar-refractivity contribution in [3.05, 3.63) is 0 Å². The molecule has 1 aliphatic rings. The van der Waals surface area contributed by atoms with Crippen LogP contribution in [0.4, 0.5) is 0 Å². The highest BCUT2D eigenvalue weighted by atomic mass is 16.5. The van der Waals surface area contributed by atoms with Gasteiger partial charge < -0.3 is 15.4 Å². The highest BCUT2D eigenvalue weighted by Crippen LogP contribution is 2.12. The van der Waals surface area contributed by atoms with Crippen LogP contribution in [0.25, 0.3) is 0 Å². The van der Waals surface area contributed by atoms with Crippen LogP contribution in [-0.2, 0) is 9.53 Å². The number of nitrogens with zero attached hydrogens (tertiary/aromatic N) is 2. The Morgan fingerprint density at radius 2 is 2.06 bits per heavy atom. The van der Waals surface area contributed by atoms with Gasteiger partial charge in [-0.25, -0.2) is 0 Å². The summed E-state index contributed by atoms with van der Waals surface area (Å²) in [6.45, 7) is 6.79. The van der Waals surface area contributed by atoms with Crippen LogP contribution in [0.3, 0.4) is 0 Å². The number of carbonyl (C=O) groups is 1. The van der Waals surface area contributed by atoms with Crippen LogP contribution in [0.15, 0.2) is 0 Å². The van der Waals surface area contributed by atoms with Crippen LogP contribution in [0.1, 0.15) is 26.2 Å². The molecule has 1 rings (SSSR count). The van der Waals surface area contributed by atoms with E-state index in [1.807, 2.05) is 11.8 Å². The summed E-state index contributed by atoms with van der Waals surface area (Å²) in [6.07, 6.45) is 3.19. The van der Waals surface area contributed by atoms with Gasteiger partial charge in [0.15, 0.2) is 0 Å². The number of rotatable bonds is 8. The first kappa shape index (κ1) is 15.4.